The Morgan fingerprint density at radius 2 is 2.04 bits per heavy atom. The van der Waals surface area contributed by atoms with E-state index in [1.54, 1.807) is 0 Å². The van der Waals surface area contributed by atoms with E-state index in [2.05, 4.69) is 32.9 Å². The van der Waals surface area contributed by atoms with E-state index in [0.717, 1.165) is 25.7 Å². The molecule has 3 heteroatoms. The van der Waals surface area contributed by atoms with E-state index in [-0.39, 0.29) is 16.6 Å². The van der Waals surface area contributed by atoms with Gasteiger partial charge in [0, 0.05) is 17.3 Å². The number of hydrogen-bond donors (Lipinski definition) is 1. The Hall–Kier alpha value is -1.40. The first-order valence-electron chi connectivity index (χ1n) is 9.34. The van der Waals surface area contributed by atoms with Crippen LogP contribution in [0.1, 0.15) is 59.3 Å². The minimum Gasteiger partial charge on any atom is -0.375 e. The number of aliphatic hydroxyl groups is 1. The van der Waals surface area contributed by atoms with Crippen molar-refractivity contribution in [2.24, 2.45) is 28.6 Å². The fourth-order valence-electron chi connectivity index (χ4n) is 6.47. The molecule has 4 rings (SSSR count). The second-order valence-corrected chi connectivity index (χ2v) is 9.04. The average Bonchev–Trinajstić information content (AvgIpc) is 2.82. The Kier molecular flexibility index (Phi) is 3.23. The number of ketones is 1. The van der Waals surface area contributed by atoms with Gasteiger partial charge in [0.1, 0.15) is 0 Å². The Labute approximate surface area is 144 Å². The summed E-state index contributed by atoms with van der Waals surface area (Å²) in [6, 6.07) is 2.23. The van der Waals surface area contributed by atoms with Crippen LogP contribution in [0.4, 0.5) is 0 Å². The van der Waals surface area contributed by atoms with E-state index in [1.165, 1.54) is 11.1 Å². The van der Waals surface area contributed by atoms with Crippen molar-refractivity contribution in [3.8, 4) is 6.07 Å². The van der Waals surface area contributed by atoms with Gasteiger partial charge in [0.25, 0.3) is 0 Å². The van der Waals surface area contributed by atoms with Gasteiger partial charge >= 0.3 is 0 Å². The summed E-state index contributed by atoms with van der Waals surface area (Å²) in [5, 5.41) is 20.5. The molecule has 0 aromatic rings. The van der Waals surface area contributed by atoms with Crippen molar-refractivity contribution in [2.45, 2.75) is 64.9 Å². The molecule has 2 fully saturated rings. The van der Waals surface area contributed by atoms with E-state index >= 15 is 0 Å². The molecule has 6 atom stereocenters. The largest absolute Gasteiger partial charge is 0.375 e. The second kappa shape index (κ2) is 4.82. The van der Waals surface area contributed by atoms with Crippen LogP contribution in [-0.4, -0.2) is 16.5 Å². The summed E-state index contributed by atoms with van der Waals surface area (Å²) >= 11 is 0. The standard InChI is InChI=1S/C21H27NO2/c1-13-10-15-16(19(2)7-4-14(23)11-18(13)19)5-8-20(3)17(15)6-9-21(20,24)12-22/h5,11,13,15,17,24H,4,6-10H2,1-3H3/t13-,15+,17-,19+,20-,21-/m0/s1. The number of nitrogens with zero attached hydrogens (tertiary/aromatic N) is 1. The van der Waals surface area contributed by atoms with Gasteiger partial charge in [0.05, 0.1) is 6.07 Å². The molecule has 0 heterocycles. The van der Waals surface area contributed by atoms with Gasteiger partial charge < -0.3 is 5.11 Å². The normalized spacial score (nSPS) is 50.1. The number of fused-ring (bicyclic) bond motifs is 5. The number of allylic oxidation sites excluding steroid dienone is 4. The lowest BCUT2D eigenvalue weighted by Crippen LogP contribution is -2.51. The highest BCUT2D eigenvalue weighted by Gasteiger charge is 2.62. The van der Waals surface area contributed by atoms with Crippen LogP contribution in [0.15, 0.2) is 23.3 Å². The van der Waals surface area contributed by atoms with Crippen LogP contribution >= 0.6 is 0 Å². The van der Waals surface area contributed by atoms with Crippen molar-refractivity contribution in [3.05, 3.63) is 23.3 Å². The molecule has 128 valence electrons. The van der Waals surface area contributed by atoms with Gasteiger partial charge in [-0.2, -0.15) is 5.26 Å². The molecule has 0 radical (unpaired) electrons. The van der Waals surface area contributed by atoms with Crippen LogP contribution in [0, 0.1) is 39.9 Å². The molecule has 0 aromatic heterocycles. The lowest BCUT2D eigenvalue weighted by Gasteiger charge is -2.55. The van der Waals surface area contributed by atoms with Gasteiger partial charge in [0.15, 0.2) is 11.4 Å². The molecular weight excluding hydrogens is 298 g/mol. The van der Waals surface area contributed by atoms with Crippen molar-refractivity contribution in [1.82, 2.24) is 0 Å². The highest BCUT2D eigenvalue weighted by Crippen LogP contribution is 2.66. The summed E-state index contributed by atoms with van der Waals surface area (Å²) < 4.78 is 0. The minimum absolute atomic E-state index is 0.00488. The van der Waals surface area contributed by atoms with Crippen molar-refractivity contribution < 1.29 is 9.90 Å². The topological polar surface area (TPSA) is 61.1 Å². The van der Waals surface area contributed by atoms with Crippen LogP contribution < -0.4 is 0 Å². The molecule has 0 amide bonds. The van der Waals surface area contributed by atoms with E-state index in [4.69, 9.17) is 0 Å². The van der Waals surface area contributed by atoms with Crippen LogP contribution in [0.25, 0.3) is 0 Å². The molecule has 0 bridgehead atoms. The second-order valence-electron chi connectivity index (χ2n) is 9.04. The van der Waals surface area contributed by atoms with Crippen LogP contribution in [0.3, 0.4) is 0 Å². The van der Waals surface area contributed by atoms with Gasteiger partial charge in [-0.3, -0.25) is 4.79 Å². The smallest absolute Gasteiger partial charge is 0.156 e. The summed E-state index contributed by atoms with van der Waals surface area (Å²) in [6.07, 6.45) is 9.14. The first kappa shape index (κ1) is 16.1. The van der Waals surface area contributed by atoms with Crippen LogP contribution in [0.2, 0.25) is 0 Å². The van der Waals surface area contributed by atoms with Crippen molar-refractivity contribution in [2.75, 3.05) is 0 Å². The van der Waals surface area contributed by atoms with E-state index in [9.17, 15) is 15.2 Å². The quantitative estimate of drug-likeness (QED) is 0.542. The zero-order valence-electron chi connectivity index (χ0n) is 14.9. The zero-order chi connectivity index (χ0) is 17.3. The summed E-state index contributed by atoms with van der Waals surface area (Å²) in [5.41, 5.74) is 1.29. The minimum atomic E-state index is -1.19. The predicted molar refractivity (Wildman–Crippen MR) is 91.8 cm³/mol. The maximum absolute atomic E-state index is 12.0. The molecule has 1 N–H and O–H groups in total. The molecule has 4 aliphatic rings. The molecule has 4 aliphatic carbocycles. The Bertz CT molecular complexity index is 714. The van der Waals surface area contributed by atoms with Gasteiger partial charge in [0.2, 0.25) is 0 Å². The average molecular weight is 325 g/mol. The molecule has 0 unspecified atom stereocenters. The van der Waals surface area contributed by atoms with Crippen molar-refractivity contribution >= 4 is 5.78 Å². The monoisotopic (exact) mass is 325 g/mol. The van der Waals surface area contributed by atoms with E-state index in [1.807, 2.05) is 6.08 Å². The first-order chi connectivity index (χ1) is 11.2. The number of rotatable bonds is 0. The van der Waals surface area contributed by atoms with E-state index < -0.39 is 5.60 Å². The number of hydrogen-bond acceptors (Lipinski definition) is 3. The molecule has 0 aromatic carbocycles. The number of carbonyl (C=O) groups is 1. The lowest BCUT2D eigenvalue weighted by atomic mass is 9.49. The SMILES string of the molecule is C[C@H]1C[C@@H]2C(=CC[C@@]3(C)[C@H]2CC[C@]3(O)C#N)[C@@]2(C)CCC(=O)C=C12. The Balaban J connectivity index is 1.81. The summed E-state index contributed by atoms with van der Waals surface area (Å²) in [7, 11) is 0. The number of carbonyl (C=O) groups excluding carboxylic acids is 1. The third-order valence-corrected chi connectivity index (χ3v) is 8.00. The van der Waals surface area contributed by atoms with E-state index in [0.29, 0.717) is 30.6 Å². The molecular formula is C21H27NO2. The van der Waals surface area contributed by atoms with Gasteiger partial charge in [-0.15, -0.1) is 0 Å². The van der Waals surface area contributed by atoms with Gasteiger partial charge in [-0.1, -0.05) is 38.0 Å². The molecule has 2 saturated carbocycles. The van der Waals surface area contributed by atoms with Crippen LogP contribution in [0.5, 0.6) is 0 Å². The Morgan fingerprint density at radius 3 is 2.75 bits per heavy atom. The third-order valence-electron chi connectivity index (χ3n) is 8.00. The Morgan fingerprint density at radius 1 is 1.29 bits per heavy atom. The molecule has 0 aliphatic heterocycles. The zero-order valence-corrected chi connectivity index (χ0v) is 14.9. The maximum Gasteiger partial charge on any atom is 0.156 e. The van der Waals surface area contributed by atoms with Gasteiger partial charge in [-0.05, 0) is 55.9 Å². The molecule has 3 nitrogen and oxygen atoms in total. The van der Waals surface area contributed by atoms with Crippen LogP contribution in [-0.2, 0) is 4.79 Å². The fourth-order valence-corrected chi connectivity index (χ4v) is 6.47. The van der Waals surface area contributed by atoms with Crippen molar-refractivity contribution in [3.63, 3.8) is 0 Å². The highest BCUT2D eigenvalue weighted by molar-refractivity contribution is 5.92. The maximum atomic E-state index is 12.0. The lowest BCUT2D eigenvalue weighted by molar-refractivity contribution is -0.115. The third kappa shape index (κ3) is 1.78. The first-order valence-corrected chi connectivity index (χ1v) is 9.34. The predicted octanol–water partition coefficient (Wildman–Crippen LogP) is 3.94. The molecule has 0 spiro atoms. The molecule has 0 saturated heterocycles. The van der Waals surface area contributed by atoms with Crippen molar-refractivity contribution in [1.29, 1.82) is 5.26 Å². The number of nitriles is 1. The summed E-state index contributed by atoms with van der Waals surface area (Å²) in [4.78, 5) is 12.0. The summed E-state index contributed by atoms with van der Waals surface area (Å²) in [5.74, 6) is 1.49. The summed E-state index contributed by atoms with van der Waals surface area (Å²) in [6.45, 7) is 6.68. The molecule has 24 heavy (non-hydrogen) atoms. The highest BCUT2D eigenvalue weighted by atomic mass is 16.3. The fraction of sp³-hybridized carbons (Fsp3) is 0.714. The van der Waals surface area contributed by atoms with Gasteiger partial charge in [-0.25, -0.2) is 0 Å².